The Balaban J connectivity index is 2.09. The van der Waals surface area contributed by atoms with Crippen LogP contribution in [-0.4, -0.2) is 49.5 Å². The average molecular weight is 318 g/mol. The van der Waals surface area contributed by atoms with E-state index in [0.717, 1.165) is 0 Å². The van der Waals surface area contributed by atoms with Crippen LogP contribution < -0.4 is 10.6 Å². The monoisotopic (exact) mass is 318 g/mol. The van der Waals surface area contributed by atoms with Crippen LogP contribution in [-0.2, 0) is 15.1 Å². The van der Waals surface area contributed by atoms with Gasteiger partial charge in [-0.05, 0) is 5.56 Å². The average Bonchev–Trinajstić information content (AvgIpc) is 2.53. The van der Waals surface area contributed by atoms with Crippen molar-refractivity contribution in [1.29, 1.82) is 0 Å². The Labute approximate surface area is 125 Å². The molecule has 1 amide bonds. The summed E-state index contributed by atoms with van der Waals surface area (Å²) in [5, 5.41) is 15.1. The maximum atomic E-state index is 13.2. The molecule has 0 spiro atoms. The van der Waals surface area contributed by atoms with Crippen LogP contribution >= 0.6 is 0 Å². The van der Waals surface area contributed by atoms with Crippen molar-refractivity contribution < 1.29 is 27.8 Å². The first-order valence-electron chi connectivity index (χ1n) is 6.78. The van der Waals surface area contributed by atoms with E-state index >= 15 is 0 Å². The molecule has 5 nitrogen and oxygen atoms in total. The number of aliphatic hydroxyl groups is 1. The Hall–Kier alpha value is -1.64. The van der Waals surface area contributed by atoms with Gasteiger partial charge < -0.3 is 20.5 Å². The van der Waals surface area contributed by atoms with E-state index in [1.54, 1.807) is 6.07 Å². The molecule has 122 valence electrons. The molecule has 3 N–H and O–H groups in total. The molecule has 1 aromatic rings. The highest BCUT2D eigenvalue weighted by Gasteiger charge is 2.55. The second-order valence-corrected chi connectivity index (χ2v) is 5.02. The fourth-order valence-corrected chi connectivity index (χ4v) is 2.15. The maximum absolute atomic E-state index is 13.2. The van der Waals surface area contributed by atoms with Crippen molar-refractivity contribution in [2.75, 3.05) is 26.3 Å². The third kappa shape index (κ3) is 3.57. The smallest absolute Gasteiger partial charge is 0.378 e. The Kier molecular flexibility index (Phi) is 5.05. The van der Waals surface area contributed by atoms with Gasteiger partial charge in [0.1, 0.15) is 6.04 Å². The highest BCUT2D eigenvalue weighted by atomic mass is 19.4. The van der Waals surface area contributed by atoms with Crippen LogP contribution in [0.5, 0.6) is 0 Å². The molecule has 1 aliphatic heterocycles. The number of carbonyl (C=O) groups is 1. The molecule has 1 fully saturated rings. The summed E-state index contributed by atoms with van der Waals surface area (Å²) in [6.45, 7) is 0.0136. The quantitative estimate of drug-likeness (QED) is 0.758. The highest BCUT2D eigenvalue weighted by molar-refractivity contribution is 5.82. The fourth-order valence-electron chi connectivity index (χ4n) is 2.15. The zero-order valence-electron chi connectivity index (χ0n) is 11.7. The lowest BCUT2D eigenvalue weighted by molar-refractivity contribution is -0.264. The molecule has 0 bridgehead atoms. The topological polar surface area (TPSA) is 70.6 Å². The van der Waals surface area contributed by atoms with Gasteiger partial charge in [-0.3, -0.25) is 4.79 Å². The number of nitrogens with one attached hydrogen (secondary N) is 2. The zero-order valence-corrected chi connectivity index (χ0v) is 11.7. The number of amides is 1. The molecule has 0 saturated carbocycles. The van der Waals surface area contributed by atoms with Gasteiger partial charge in [-0.1, -0.05) is 30.3 Å². The van der Waals surface area contributed by atoms with Gasteiger partial charge in [-0.15, -0.1) is 0 Å². The molecule has 0 radical (unpaired) electrons. The minimum Gasteiger partial charge on any atom is -0.378 e. The number of hydrogen-bond donors (Lipinski definition) is 3. The van der Waals surface area contributed by atoms with Gasteiger partial charge in [0, 0.05) is 6.54 Å². The van der Waals surface area contributed by atoms with Crippen molar-refractivity contribution in [1.82, 2.24) is 10.6 Å². The minimum absolute atomic E-state index is 0.0849. The SMILES string of the molecule is O=C(NCC(O)(c1ccccc1)C(F)(F)F)C1COCCN1. The molecule has 0 aliphatic carbocycles. The number of carbonyl (C=O) groups excluding carboxylic acids is 1. The predicted molar refractivity (Wildman–Crippen MR) is 72.0 cm³/mol. The van der Waals surface area contributed by atoms with Crippen molar-refractivity contribution >= 4 is 5.91 Å². The molecule has 2 atom stereocenters. The number of hydrogen-bond acceptors (Lipinski definition) is 4. The van der Waals surface area contributed by atoms with E-state index < -0.39 is 30.3 Å². The Morgan fingerprint density at radius 1 is 1.36 bits per heavy atom. The van der Waals surface area contributed by atoms with E-state index in [2.05, 4.69) is 10.6 Å². The molecule has 22 heavy (non-hydrogen) atoms. The van der Waals surface area contributed by atoms with E-state index in [1.165, 1.54) is 24.3 Å². The lowest BCUT2D eigenvalue weighted by Crippen LogP contribution is -2.56. The van der Waals surface area contributed by atoms with Gasteiger partial charge in [-0.25, -0.2) is 0 Å². The molecule has 2 unspecified atom stereocenters. The number of rotatable bonds is 4. The standard InChI is InChI=1S/C14H17F3N2O3/c15-14(16,17)13(21,10-4-2-1-3-5-10)9-19-12(20)11-8-22-7-6-18-11/h1-5,11,18,21H,6-9H2,(H,19,20). The summed E-state index contributed by atoms with van der Waals surface area (Å²) in [5.41, 5.74) is -3.46. The van der Waals surface area contributed by atoms with E-state index in [1.807, 2.05) is 0 Å². The van der Waals surface area contributed by atoms with E-state index in [9.17, 15) is 23.1 Å². The summed E-state index contributed by atoms with van der Waals surface area (Å²) >= 11 is 0. The fraction of sp³-hybridized carbons (Fsp3) is 0.500. The highest BCUT2D eigenvalue weighted by Crippen LogP contribution is 2.38. The molecular weight excluding hydrogens is 301 g/mol. The van der Waals surface area contributed by atoms with Crippen molar-refractivity contribution in [3.05, 3.63) is 35.9 Å². The van der Waals surface area contributed by atoms with Gasteiger partial charge in [-0.2, -0.15) is 13.2 Å². The number of morpholine rings is 1. The summed E-state index contributed by atoms with van der Waals surface area (Å²) in [7, 11) is 0. The van der Waals surface area contributed by atoms with Crippen molar-refractivity contribution in [2.45, 2.75) is 17.8 Å². The van der Waals surface area contributed by atoms with Crippen LogP contribution in [0.4, 0.5) is 13.2 Å². The molecule has 8 heteroatoms. The summed E-state index contributed by atoms with van der Waals surface area (Å²) < 4.78 is 44.8. The lowest BCUT2D eigenvalue weighted by atomic mass is 9.93. The van der Waals surface area contributed by atoms with Crippen LogP contribution in [0.3, 0.4) is 0 Å². The summed E-state index contributed by atoms with van der Waals surface area (Å²) in [4.78, 5) is 11.9. The second-order valence-electron chi connectivity index (χ2n) is 5.02. The van der Waals surface area contributed by atoms with Crippen molar-refractivity contribution in [3.8, 4) is 0 Å². The van der Waals surface area contributed by atoms with Gasteiger partial charge in [0.2, 0.25) is 11.5 Å². The van der Waals surface area contributed by atoms with E-state index in [4.69, 9.17) is 4.74 Å². The molecule has 1 aromatic carbocycles. The maximum Gasteiger partial charge on any atom is 0.423 e. The molecule has 1 heterocycles. The van der Waals surface area contributed by atoms with Crippen LogP contribution in [0.1, 0.15) is 5.56 Å². The molecule has 1 saturated heterocycles. The first-order chi connectivity index (χ1) is 10.3. The normalized spacial score (nSPS) is 21.9. The number of alkyl halides is 3. The van der Waals surface area contributed by atoms with Gasteiger partial charge in [0.25, 0.3) is 0 Å². The first-order valence-corrected chi connectivity index (χ1v) is 6.78. The lowest BCUT2D eigenvalue weighted by Gasteiger charge is -2.32. The largest absolute Gasteiger partial charge is 0.423 e. The van der Waals surface area contributed by atoms with Gasteiger partial charge in [0.15, 0.2) is 0 Å². The predicted octanol–water partition coefficient (Wildman–Crippen LogP) is 0.541. The van der Waals surface area contributed by atoms with Crippen molar-refractivity contribution in [3.63, 3.8) is 0 Å². The zero-order chi connectivity index (χ0) is 16.2. The molecule has 2 rings (SSSR count). The summed E-state index contributed by atoms with van der Waals surface area (Å²) in [6.07, 6.45) is -4.92. The van der Waals surface area contributed by atoms with Crippen LogP contribution in [0, 0.1) is 0 Å². The van der Waals surface area contributed by atoms with Crippen LogP contribution in [0.15, 0.2) is 30.3 Å². The molecular formula is C14H17F3N2O3. The Morgan fingerprint density at radius 3 is 2.59 bits per heavy atom. The second kappa shape index (κ2) is 6.64. The first kappa shape index (κ1) is 16.7. The third-order valence-electron chi connectivity index (χ3n) is 3.48. The molecule has 1 aliphatic rings. The van der Waals surface area contributed by atoms with Crippen LogP contribution in [0.25, 0.3) is 0 Å². The Morgan fingerprint density at radius 2 is 2.05 bits per heavy atom. The summed E-state index contributed by atoms with van der Waals surface area (Å²) in [6, 6.07) is 5.95. The minimum atomic E-state index is -4.92. The number of benzene rings is 1. The van der Waals surface area contributed by atoms with Gasteiger partial charge in [0.05, 0.1) is 19.8 Å². The van der Waals surface area contributed by atoms with E-state index in [0.29, 0.717) is 13.2 Å². The van der Waals surface area contributed by atoms with Crippen molar-refractivity contribution in [2.24, 2.45) is 0 Å². The summed E-state index contributed by atoms with van der Waals surface area (Å²) in [5.74, 6) is -0.640. The Bertz CT molecular complexity index is 504. The van der Waals surface area contributed by atoms with E-state index in [-0.39, 0.29) is 12.2 Å². The molecule has 0 aromatic heterocycles. The van der Waals surface area contributed by atoms with Gasteiger partial charge >= 0.3 is 6.18 Å². The number of ether oxygens (including phenoxy) is 1. The number of halogens is 3. The van der Waals surface area contributed by atoms with Crippen LogP contribution in [0.2, 0.25) is 0 Å². The third-order valence-corrected chi connectivity index (χ3v) is 3.48.